The highest BCUT2D eigenvalue weighted by Gasteiger charge is 2.40. The molecule has 3 rings (SSSR count). The van der Waals surface area contributed by atoms with Gasteiger partial charge in [-0.2, -0.15) is 30.0 Å². The van der Waals surface area contributed by atoms with E-state index in [0.29, 0.717) is 19.1 Å². The molecule has 1 aliphatic heterocycles. The SMILES string of the molecule is CC(S(=O)(=O)O)S(=O)(=O)O.N[C@@H](CC(=O)N1CCn2c(nnc2C(F)(F)F)C1)Cc1cc(F)c(F)cc1F. The maximum absolute atomic E-state index is 13.7. The zero-order valence-electron chi connectivity index (χ0n) is 19.2. The van der Waals surface area contributed by atoms with Crippen molar-refractivity contribution in [3.63, 3.8) is 0 Å². The number of amides is 1. The van der Waals surface area contributed by atoms with Crippen LogP contribution in [0.5, 0.6) is 0 Å². The van der Waals surface area contributed by atoms with Crippen molar-refractivity contribution in [2.75, 3.05) is 6.54 Å². The Morgan fingerprint density at radius 1 is 1.03 bits per heavy atom. The molecule has 20 heteroatoms. The largest absolute Gasteiger partial charge is 0.451 e. The van der Waals surface area contributed by atoms with E-state index in [2.05, 4.69) is 10.2 Å². The number of carbonyl (C=O) groups is 1. The second-order valence-electron chi connectivity index (χ2n) is 8.03. The van der Waals surface area contributed by atoms with Gasteiger partial charge in [0.25, 0.3) is 20.2 Å². The van der Waals surface area contributed by atoms with Gasteiger partial charge in [0.05, 0.1) is 6.54 Å². The number of benzene rings is 1. The molecule has 1 aromatic heterocycles. The number of rotatable bonds is 6. The molecule has 0 aliphatic carbocycles. The lowest BCUT2D eigenvalue weighted by molar-refractivity contribution is -0.148. The average molecular weight is 598 g/mol. The molecular weight excluding hydrogens is 576 g/mol. The molecule has 0 fully saturated rings. The molecule has 38 heavy (non-hydrogen) atoms. The van der Waals surface area contributed by atoms with E-state index in [4.69, 9.17) is 14.8 Å². The lowest BCUT2D eigenvalue weighted by atomic mass is 10.0. The fraction of sp³-hybridized carbons (Fsp3) is 0.500. The van der Waals surface area contributed by atoms with Gasteiger partial charge in [-0.1, -0.05) is 0 Å². The number of alkyl halides is 3. The lowest BCUT2D eigenvalue weighted by Gasteiger charge is -2.29. The molecule has 0 saturated heterocycles. The van der Waals surface area contributed by atoms with Crippen molar-refractivity contribution in [1.29, 1.82) is 0 Å². The van der Waals surface area contributed by atoms with E-state index in [1.807, 2.05) is 0 Å². The number of fused-ring (bicyclic) bond motifs is 1. The fourth-order valence-electron chi connectivity index (χ4n) is 3.16. The van der Waals surface area contributed by atoms with Gasteiger partial charge < -0.3 is 15.2 Å². The third kappa shape index (κ3) is 8.09. The highest BCUT2D eigenvalue weighted by molar-refractivity contribution is 8.03. The first-order valence-electron chi connectivity index (χ1n) is 10.3. The molecule has 1 aliphatic rings. The molecule has 1 amide bonds. The summed E-state index contributed by atoms with van der Waals surface area (Å²) >= 11 is 0. The number of halogens is 6. The summed E-state index contributed by atoms with van der Waals surface area (Å²) in [5, 5.41) is 6.60. The Morgan fingerprint density at radius 2 is 1.58 bits per heavy atom. The van der Waals surface area contributed by atoms with Crippen LogP contribution in [-0.2, 0) is 50.7 Å². The highest BCUT2D eigenvalue weighted by atomic mass is 32.3. The number of hydrogen-bond donors (Lipinski definition) is 3. The number of nitrogens with two attached hydrogens (primary N) is 1. The van der Waals surface area contributed by atoms with Crippen molar-refractivity contribution < 1.29 is 57.1 Å². The molecule has 1 atom stereocenters. The van der Waals surface area contributed by atoms with Crippen LogP contribution in [0, 0.1) is 17.5 Å². The Bertz CT molecular complexity index is 1370. The van der Waals surface area contributed by atoms with Crippen molar-refractivity contribution in [2.24, 2.45) is 5.73 Å². The third-order valence-corrected chi connectivity index (χ3v) is 8.34. The number of carbonyl (C=O) groups excluding carboxylic acids is 1. The minimum absolute atomic E-state index is 0.000783. The molecule has 0 spiro atoms. The monoisotopic (exact) mass is 597 g/mol. The summed E-state index contributed by atoms with van der Waals surface area (Å²) in [5.41, 5.74) is 5.64. The zero-order chi connectivity index (χ0) is 29.2. The van der Waals surface area contributed by atoms with Crippen molar-refractivity contribution in [3.8, 4) is 0 Å². The molecule has 0 bridgehead atoms. The fourth-order valence-corrected chi connectivity index (χ4v) is 4.39. The van der Waals surface area contributed by atoms with E-state index in [-0.39, 0.29) is 43.9 Å². The Balaban J connectivity index is 0.000000432. The maximum atomic E-state index is 13.7. The Kier molecular flexibility index (Phi) is 9.52. The molecule has 12 nitrogen and oxygen atoms in total. The Morgan fingerprint density at radius 3 is 2.08 bits per heavy atom. The minimum atomic E-state index is -4.70. The molecule has 1 aromatic carbocycles. The second kappa shape index (κ2) is 11.5. The molecule has 4 N–H and O–H groups in total. The smallest absolute Gasteiger partial charge is 0.333 e. The summed E-state index contributed by atoms with van der Waals surface area (Å²) in [6.45, 7) is 0.355. The second-order valence-corrected chi connectivity index (χ2v) is 11.8. The average Bonchev–Trinajstić information content (AvgIpc) is 3.20. The lowest BCUT2D eigenvalue weighted by Crippen LogP contribution is -2.42. The quantitative estimate of drug-likeness (QED) is 0.248. The van der Waals surface area contributed by atoms with Gasteiger partial charge >= 0.3 is 6.18 Å². The molecule has 2 heterocycles. The van der Waals surface area contributed by atoms with E-state index in [9.17, 15) is 48.0 Å². The van der Waals surface area contributed by atoms with Crippen LogP contribution < -0.4 is 5.73 Å². The van der Waals surface area contributed by atoms with Gasteiger partial charge in [0.2, 0.25) is 16.3 Å². The van der Waals surface area contributed by atoms with E-state index in [1.54, 1.807) is 0 Å². The van der Waals surface area contributed by atoms with Crippen LogP contribution in [-0.4, -0.2) is 68.7 Å². The summed E-state index contributed by atoms with van der Waals surface area (Å²) in [7, 11) is -9.40. The summed E-state index contributed by atoms with van der Waals surface area (Å²) in [6, 6.07) is 0.184. The Labute approximate surface area is 211 Å². The topological polar surface area (TPSA) is 186 Å². The predicted octanol–water partition coefficient (Wildman–Crippen LogP) is 1.12. The van der Waals surface area contributed by atoms with Gasteiger partial charge in [-0.25, -0.2) is 13.2 Å². The van der Waals surface area contributed by atoms with E-state index >= 15 is 0 Å². The summed E-state index contributed by atoms with van der Waals surface area (Å²) < 4.78 is 133. The van der Waals surface area contributed by atoms with Crippen LogP contribution in [0.15, 0.2) is 12.1 Å². The van der Waals surface area contributed by atoms with E-state index in [0.717, 1.165) is 4.57 Å². The van der Waals surface area contributed by atoms with Crippen LogP contribution in [0.3, 0.4) is 0 Å². The van der Waals surface area contributed by atoms with Gasteiger partial charge in [-0.05, 0) is 25.0 Å². The number of nitrogens with zero attached hydrogens (tertiary/aromatic N) is 4. The van der Waals surface area contributed by atoms with Gasteiger partial charge in [0.15, 0.2) is 17.5 Å². The van der Waals surface area contributed by atoms with Crippen molar-refractivity contribution in [1.82, 2.24) is 19.7 Å². The van der Waals surface area contributed by atoms with Gasteiger partial charge in [-0.3, -0.25) is 13.9 Å². The first kappa shape index (κ1) is 31.4. The van der Waals surface area contributed by atoms with Gasteiger partial charge in [0, 0.05) is 31.6 Å². The van der Waals surface area contributed by atoms with Crippen molar-refractivity contribution in [3.05, 3.63) is 46.8 Å². The molecule has 0 radical (unpaired) electrons. The van der Waals surface area contributed by atoms with Crippen LogP contribution in [0.1, 0.15) is 30.6 Å². The molecular formula is C18H21F6N5O7S2. The first-order chi connectivity index (χ1) is 17.2. The van der Waals surface area contributed by atoms with E-state index in [1.165, 1.54) is 4.90 Å². The van der Waals surface area contributed by atoms with Crippen molar-refractivity contribution in [2.45, 2.75) is 49.7 Å². The normalized spacial score (nSPS) is 15.1. The number of hydrogen-bond acceptors (Lipinski definition) is 8. The highest BCUT2D eigenvalue weighted by Crippen LogP contribution is 2.29. The molecule has 0 unspecified atom stereocenters. The maximum Gasteiger partial charge on any atom is 0.451 e. The number of aromatic nitrogens is 3. The van der Waals surface area contributed by atoms with Crippen LogP contribution >= 0.6 is 0 Å². The third-order valence-electron chi connectivity index (χ3n) is 5.21. The van der Waals surface area contributed by atoms with Gasteiger partial charge in [0.1, 0.15) is 5.82 Å². The first-order valence-corrected chi connectivity index (χ1v) is 13.3. The van der Waals surface area contributed by atoms with Gasteiger partial charge in [-0.15, -0.1) is 10.2 Å². The summed E-state index contributed by atoms with van der Waals surface area (Å²) in [5.74, 6) is -5.15. The predicted molar refractivity (Wildman–Crippen MR) is 116 cm³/mol. The van der Waals surface area contributed by atoms with Crippen LogP contribution in [0.2, 0.25) is 0 Å². The zero-order valence-corrected chi connectivity index (χ0v) is 20.9. The standard InChI is InChI=1S/C16H15F6N5O.C2H6O6S2/c17-10-6-12(19)11(18)4-8(10)3-9(23)5-14(28)26-1-2-27-13(7-26)24-25-15(27)16(20,21)22;1-2(9(3,4)5)10(6,7)8/h4,6,9H,1-3,5,7,23H2;2H,1H3,(H,3,4,5)(H,6,7,8)/t9-;/m1./s1. The van der Waals surface area contributed by atoms with Crippen LogP contribution in [0.25, 0.3) is 0 Å². The summed E-state index contributed by atoms with van der Waals surface area (Å²) in [6.07, 6.45) is -5.11. The van der Waals surface area contributed by atoms with E-state index < -0.39 is 66.2 Å². The molecule has 2 aromatic rings. The van der Waals surface area contributed by atoms with Crippen LogP contribution in [0.4, 0.5) is 26.3 Å². The molecule has 214 valence electrons. The summed E-state index contributed by atoms with van der Waals surface area (Å²) in [4.78, 5) is 13.6. The minimum Gasteiger partial charge on any atom is -0.333 e. The van der Waals surface area contributed by atoms with Crippen molar-refractivity contribution >= 4 is 26.1 Å². The Hall–Kier alpha value is -2.81. The molecule has 0 saturated carbocycles.